The van der Waals surface area contributed by atoms with Gasteiger partial charge in [0.05, 0.1) is 54.7 Å². The number of esters is 2. The summed E-state index contributed by atoms with van der Waals surface area (Å²) in [5, 5.41) is 55.7. The molecule has 530 valence electrons. The second-order valence-corrected chi connectivity index (χ2v) is 28.6. The molecule has 10 N–H and O–H groups in total. The number of hydrogen-bond acceptors (Lipinski definition) is 30. The third kappa shape index (κ3) is 14.5. The molecule has 1 fully saturated rings. The van der Waals surface area contributed by atoms with Gasteiger partial charge in [-0.15, -0.1) is 68.3 Å². The Hall–Kier alpha value is -9.25. The number of aliphatic hydroxyl groups excluding tert-OH is 1. The molecule has 10 atom stereocenters. The summed E-state index contributed by atoms with van der Waals surface area (Å²) in [6.45, 7) is 7.70. The first kappa shape index (κ1) is 71.6. The number of aromatic nitrogens is 7. The van der Waals surface area contributed by atoms with Gasteiger partial charge in [-0.3, -0.25) is 28.8 Å². The number of alkyl halides is 1. The van der Waals surface area contributed by atoms with Gasteiger partial charge >= 0.3 is 11.9 Å². The van der Waals surface area contributed by atoms with Crippen LogP contribution in [0, 0.1) is 0 Å². The summed E-state index contributed by atoms with van der Waals surface area (Å²) in [7, 11) is 4.86. The molecular formula is C63H63ClN14O18S5. The highest BCUT2D eigenvalue weighted by atomic mass is 35.5. The number of thiazole rings is 5. The molecule has 32 nitrogen and oxygen atoms in total. The van der Waals surface area contributed by atoms with Crippen molar-refractivity contribution in [3.05, 3.63) is 124 Å². The molecule has 4 aliphatic rings. The van der Waals surface area contributed by atoms with E-state index in [1.807, 2.05) is 0 Å². The lowest BCUT2D eigenvalue weighted by atomic mass is 9.85. The number of ether oxygens (including phenoxy) is 6. The van der Waals surface area contributed by atoms with Gasteiger partial charge in [0.25, 0.3) is 29.5 Å². The van der Waals surface area contributed by atoms with Crippen molar-refractivity contribution in [2.75, 3.05) is 40.3 Å². The Morgan fingerprint density at radius 3 is 2.27 bits per heavy atom. The van der Waals surface area contributed by atoms with Gasteiger partial charge in [-0.2, -0.15) is 4.73 Å². The molecule has 4 aliphatic heterocycles. The first-order valence-electron chi connectivity index (χ1n) is 30.7. The largest absolute Gasteiger partial charge is 0.506 e. The van der Waals surface area contributed by atoms with Crippen molar-refractivity contribution >= 4 is 132 Å². The molecule has 6 amide bonds. The van der Waals surface area contributed by atoms with E-state index in [0.717, 1.165) is 56.7 Å². The van der Waals surface area contributed by atoms with Crippen LogP contribution >= 0.6 is 68.3 Å². The summed E-state index contributed by atoms with van der Waals surface area (Å²) in [5.41, 5.74) is 2.73. The first-order valence-corrected chi connectivity index (χ1v) is 35.6. The number of aromatic hydroxyl groups is 1. The monoisotopic (exact) mass is 1500 g/mol. The van der Waals surface area contributed by atoms with E-state index in [9.17, 15) is 34.5 Å². The second-order valence-electron chi connectivity index (χ2n) is 23.8. The molecule has 0 radical (unpaired) electrons. The number of amides is 6. The van der Waals surface area contributed by atoms with Crippen LogP contribution in [0.15, 0.2) is 69.2 Å². The second kappa shape index (κ2) is 29.4. The maximum absolute atomic E-state index is 15.4. The van der Waals surface area contributed by atoms with Crippen LogP contribution in [0.4, 0.5) is 0 Å². The number of allylic oxidation sites excluding steroid dienone is 1. The summed E-state index contributed by atoms with van der Waals surface area (Å²) in [5.74, 6) is -8.15. The topological polar surface area (TPSA) is 434 Å². The highest BCUT2D eigenvalue weighted by molar-refractivity contribution is 7.14. The number of carbonyl (C=O) groups is 8. The van der Waals surface area contributed by atoms with Gasteiger partial charge < -0.3 is 85.8 Å². The molecule has 101 heavy (non-hydrogen) atoms. The number of rotatable bonds is 12. The molecule has 8 aromatic rings. The molecule has 0 spiro atoms. The van der Waals surface area contributed by atoms with Crippen LogP contribution in [0.5, 0.6) is 5.75 Å². The Balaban J connectivity index is 1.06. The maximum Gasteiger partial charge on any atom is 0.358 e. The van der Waals surface area contributed by atoms with Gasteiger partial charge in [0.15, 0.2) is 18.1 Å². The average molecular weight is 1500 g/mol. The summed E-state index contributed by atoms with van der Waals surface area (Å²) in [6, 6.07) is 0.973. The Kier molecular flexibility index (Phi) is 20.8. The van der Waals surface area contributed by atoms with Gasteiger partial charge in [0, 0.05) is 49.8 Å². The molecule has 0 saturated carbocycles. The zero-order valence-electron chi connectivity index (χ0n) is 54.4. The van der Waals surface area contributed by atoms with E-state index in [0.29, 0.717) is 10.9 Å². The minimum atomic E-state index is -1.91. The zero-order chi connectivity index (χ0) is 72.0. The molecule has 11 heterocycles. The number of primary amides is 1. The van der Waals surface area contributed by atoms with E-state index in [2.05, 4.69) is 48.1 Å². The highest BCUT2D eigenvalue weighted by Crippen LogP contribution is 2.43. The fourth-order valence-corrected chi connectivity index (χ4v) is 16.2. The quantitative estimate of drug-likeness (QED) is 0.0356. The van der Waals surface area contributed by atoms with Crippen LogP contribution in [-0.2, 0) is 56.0 Å². The third-order valence-corrected chi connectivity index (χ3v) is 21.2. The van der Waals surface area contributed by atoms with Gasteiger partial charge in [-0.05, 0) is 59.5 Å². The van der Waals surface area contributed by atoms with E-state index in [1.54, 1.807) is 51.0 Å². The number of nitrogens with two attached hydrogens (primary N) is 1. The fourth-order valence-electron chi connectivity index (χ4n) is 12.0. The lowest BCUT2D eigenvalue weighted by Crippen LogP contribution is -2.62. The van der Waals surface area contributed by atoms with E-state index in [4.69, 9.17) is 65.5 Å². The van der Waals surface area contributed by atoms with Crippen molar-refractivity contribution < 1.29 is 86.9 Å². The van der Waals surface area contributed by atoms with Gasteiger partial charge in [-0.1, -0.05) is 18.7 Å². The Morgan fingerprint density at radius 1 is 0.881 bits per heavy atom. The van der Waals surface area contributed by atoms with Crippen molar-refractivity contribution in [2.45, 2.75) is 108 Å². The lowest BCUT2D eigenvalue weighted by Gasteiger charge is -2.48. The number of fused-ring (bicyclic) bond motifs is 15. The van der Waals surface area contributed by atoms with Gasteiger partial charge in [0.2, 0.25) is 5.91 Å². The summed E-state index contributed by atoms with van der Waals surface area (Å²) >= 11 is 10.8. The van der Waals surface area contributed by atoms with Crippen molar-refractivity contribution in [3.8, 4) is 38.4 Å². The Morgan fingerprint density at radius 2 is 1.55 bits per heavy atom. The van der Waals surface area contributed by atoms with Crippen LogP contribution in [0.25, 0.3) is 49.3 Å². The van der Waals surface area contributed by atoms with E-state index >= 15 is 19.2 Å². The first-order chi connectivity index (χ1) is 48.2. The van der Waals surface area contributed by atoms with Crippen LogP contribution in [0.1, 0.15) is 125 Å². The Bertz CT molecular complexity index is 4670. The van der Waals surface area contributed by atoms with Crippen molar-refractivity contribution in [1.29, 1.82) is 0 Å². The normalized spacial score (nSPS) is 23.6. The third-order valence-electron chi connectivity index (χ3n) is 16.6. The van der Waals surface area contributed by atoms with E-state index < -0.39 is 139 Å². The number of methoxy groups -OCH3 is 1. The van der Waals surface area contributed by atoms with Crippen LogP contribution in [0.3, 0.4) is 0 Å². The minimum Gasteiger partial charge on any atom is -0.506 e. The molecule has 38 heteroatoms. The Labute approximate surface area is 597 Å². The molecule has 1 aromatic carbocycles. The van der Waals surface area contributed by atoms with Gasteiger partial charge in [0.1, 0.15) is 126 Å². The highest BCUT2D eigenvalue weighted by Gasteiger charge is 2.50. The maximum atomic E-state index is 15.4. The fraction of sp³-hybridized carbons (Fsp3) is 0.365. The summed E-state index contributed by atoms with van der Waals surface area (Å²) in [6.07, 6.45) is -7.51. The van der Waals surface area contributed by atoms with Crippen molar-refractivity contribution in [1.82, 2.24) is 66.1 Å². The molecule has 7 aromatic heterocycles. The predicted molar refractivity (Wildman–Crippen MR) is 365 cm³/mol. The van der Waals surface area contributed by atoms with Gasteiger partial charge in [-0.25, -0.2) is 39.5 Å². The number of cyclic esters (lactones) is 2. The number of benzene rings is 1. The zero-order valence-corrected chi connectivity index (χ0v) is 59.2. The van der Waals surface area contributed by atoms with Crippen LogP contribution in [-0.4, -0.2) is 191 Å². The predicted octanol–water partition coefficient (Wildman–Crippen LogP) is 4.32. The number of nitrogens with zero attached hydrogens (tertiary/aromatic N) is 8. The number of aliphatic hydroxyl groups is 2. The number of hydrogen-bond donors (Lipinski definition) is 9. The summed E-state index contributed by atoms with van der Waals surface area (Å²) < 4.78 is 39.4. The number of halogens is 1. The number of likely N-dealkylation sites (N-methyl/N-ethyl adjacent to an activating group) is 1. The standard InChI is InChI=1S/C63H63ClN14O18S5/c1-24(50(65)81)66-51(82)33-21-100-59(71-33)44-38(80)14-29-43(73-44)32-19-98-57(68-32)31-18-93-61(87)46-30-17-91-47(48(96-39-15-63(5,89)49(77(6)7)27(4)95-39)62(88)92-16-28-10-9-11-37(40(28)30)78(46)94-13-12-64)45(60-72-34(22-101-60)52(83)67-31)76-54(85)36-23-99-58(70-36)42(26(3)90-8)75-55(86)41(25(2)79)74-53(84)35-20-97-56(29)69-35/h9-11,14,19-23,25,27,31,39,41,45,47-49,79-80,89H,1,12-13,15-18H2,2-8H3,(H2,65,81)(H,66,82)(H,67,83)(H,74,84)(H,75,86)(H,76,85)/b42-26+. The number of nitrogens with one attached hydrogen (secondary N) is 5. The minimum absolute atomic E-state index is 0.00692. The van der Waals surface area contributed by atoms with Crippen molar-refractivity contribution in [2.24, 2.45) is 5.73 Å². The molecular weight excluding hydrogens is 1440 g/mol. The average Bonchev–Trinajstić information content (AvgIpc) is 1.63. The lowest BCUT2D eigenvalue weighted by molar-refractivity contribution is -0.280. The number of pyridine rings is 1. The molecule has 12 rings (SSSR count). The summed E-state index contributed by atoms with van der Waals surface area (Å²) in [4.78, 5) is 151. The smallest absolute Gasteiger partial charge is 0.358 e. The molecule has 10 unspecified atom stereocenters. The van der Waals surface area contributed by atoms with Crippen LogP contribution < -0.4 is 37.2 Å². The molecule has 0 aliphatic carbocycles. The number of carbonyl (C=O) groups excluding carboxylic acids is 8. The van der Waals surface area contributed by atoms with E-state index in [-0.39, 0.29) is 118 Å². The van der Waals surface area contributed by atoms with Crippen molar-refractivity contribution in [3.63, 3.8) is 0 Å². The van der Waals surface area contributed by atoms with E-state index in [1.165, 1.54) is 58.7 Å². The van der Waals surface area contributed by atoms with Crippen LogP contribution in [0.2, 0.25) is 0 Å². The molecule has 12 bridgehead atoms. The SMILES string of the molecule is C=C(NC(=O)c1csc(-c2nc3c(cc2O)-c2nc(cs2)C(=O)NC(C(C)O)C(=O)N/C(=C(\C)OC)c2nc(cs2)C(=O)NC2c4nc(cs4)C(=O)NC(COC(=O)c4c5c6c(cccc6n4OCCCl)COC(=O)C(OC4CC(C)(O)C(N(C)C)C(C)O4)C2OC5)c2nc-3cs2)n1)C(N)=O. The molecule has 1 saturated heterocycles.